The van der Waals surface area contributed by atoms with Crippen LogP contribution in [0.5, 0.6) is 0 Å². The minimum Gasteiger partial charge on any atom is -0.362 e. The monoisotopic (exact) mass is 848 g/mol. The summed E-state index contributed by atoms with van der Waals surface area (Å²) in [5.74, 6) is -3.88. The quantitative estimate of drug-likeness (QED) is 0.0552. The van der Waals surface area contributed by atoms with E-state index in [9.17, 15) is 33.9 Å². The van der Waals surface area contributed by atoms with Crippen molar-refractivity contribution in [3.05, 3.63) is 107 Å². The molecule has 6 rings (SSSR count). The number of rotatable bonds is 23. The van der Waals surface area contributed by atoms with Gasteiger partial charge in [0.05, 0.1) is 18.4 Å². The summed E-state index contributed by atoms with van der Waals surface area (Å²) in [4.78, 5) is 82.6. The van der Waals surface area contributed by atoms with Crippen LogP contribution in [0.25, 0.3) is 0 Å². The second-order valence-electron chi connectivity index (χ2n) is 17.3. The van der Waals surface area contributed by atoms with Crippen molar-refractivity contribution in [2.75, 3.05) is 26.2 Å². The second kappa shape index (κ2) is 22.0. The predicted molar refractivity (Wildman–Crippen MR) is 237 cm³/mol. The third-order valence-corrected chi connectivity index (χ3v) is 12.4. The van der Waals surface area contributed by atoms with Crippen LogP contribution in [0, 0.1) is 11.8 Å². The largest absolute Gasteiger partial charge is 0.362 e. The molecule has 6 N–H and O–H groups in total. The van der Waals surface area contributed by atoms with Crippen LogP contribution < -0.4 is 26.6 Å². The first kappa shape index (κ1) is 46.0. The molecule has 0 spiro atoms. The van der Waals surface area contributed by atoms with Crippen LogP contribution in [0.4, 0.5) is 0 Å². The maximum Gasteiger partial charge on any atom is 0.275 e. The Kier molecular flexibility index (Phi) is 16.3. The van der Waals surface area contributed by atoms with Crippen LogP contribution in [-0.2, 0) is 19.2 Å². The van der Waals surface area contributed by atoms with Crippen molar-refractivity contribution < 1.29 is 33.9 Å². The molecule has 0 unspecified atom stereocenters. The second-order valence-corrected chi connectivity index (χ2v) is 17.3. The number of likely N-dealkylation sites (tertiary alicyclic amines) is 1. The van der Waals surface area contributed by atoms with Crippen LogP contribution in [0.3, 0.4) is 0 Å². The molecule has 6 amide bonds. The molecule has 62 heavy (non-hydrogen) atoms. The number of unbranched alkanes of at least 4 members (excludes halogenated alkanes) is 7. The van der Waals surface area contributed by atoms with Gasteiger partial charge >= 0.3 is 0 Å². The number of benzene rings is 3. The fourth-order valence-electron chi connectivity index (χ4n) is 8.45. The fraction of sp³-hybridized carbons (Fsp3) is 0.510. The molecule has 7 atom stereocenters. The van der Waals surface area contributed by atoms with Crippen LogP contribution in [-0.4, -0.2) is 89.4 Å². The number of carbonyl (C=O) groups excluding carboxylic acids is 6. The summed E-state index contributed by atoms with van der Waals surface area (Å²) in [6, 6.07) is 25.8. The minimum atomic E-state index is -2.37. The van der Waals surface area contributed by atoms with Crippen LogP contribution in [0.2, 0.25) is 0 Å². The molecule has 0 bridgehead atoms. The highest BCUT2D eigenvalue weighted by Crippen LogP contribution is 2.42. The smallest absolute Gasteiger partial charge is 0.275 e. The lowest BCUT2D eigenvalue weighted by atomic mass is 9.94. The topological polar surface area (TPSA) is 186 Å². The molecular formula is C49H64N6O7. The van der Waals surface area contributed by atoms with E-state index in [1.54, 1.807) is 0 Å². The Morgan fingerprint density at radius 1 is 0.629 bits per heavy atom. The molecule has 1 aliphatic heterocycles. The molecule has 0 aromatic heterocycles. The first-order valence-corrected chi connectivity index (χ1v) is 22.7. The average molecular weight is 849 g/mol. The standard InChI is InChI=1S/C49H64N6O7/c1-3-5-7-9-16-22-43(56)54-49(62,48(61)50-27-17-8-6-4-2)32-51-44(57)35-23-25-36(26-24-35)47(60)55-30-39(45(58)52-41-28-37(41)33-18-12-10-13-19-33)40(31-55)46(59)53-42-29-38(42)34-20-14-11-15-21-34/h10-15,18-21,23-26,37-42,62H,3-9,16-17,22,27-32H2,1-2H3,(H,50,61)(H,51,57)(H,52,58)(H,53,59)(H,54,56)/t37-,38-,39-,40-,41+,42+,49+/m1/s1. The molecule has 2 saturated carbocycles. The third kappa shape index (κ3) is 12.5. The fourth-order valence-corrected chi connectivity index (χ4v) is 8.45. The molecule has 13 heteroatoms. The Hall–Kier alpha value is -5.56. The van der Waals surface area contributed by atoms with E-state index in [1.807, 2.05) is 60.7 Å². The van der Waals surface area contributed by atoms with Gasteiger partial charge in [-0.3, -0.25) is 28.8 Å². The summed E-state index contributed by atoms with van der Waals surface area (Å²) in [6.07, 6.45) is 10.00. The van der Waals surface area contributed by atoms with E-state index in [0.717, 1.165) is 68.9 Å². The van der Waals surface area contributed by atoms with Crippen molar-refractivity contribution in [2.45, 2.75) is 121 Å². The molecule has 1 heterocycles. The summed E-state index contributed by atoms with van der Waals surface area (Å²) in [5.41, 5.74) is 0.360. The number of aliphatic hydroxyl groups is 1. The molecule has 2 aliphatic carbocycles. The Balaban J connectivity index is 1.07. The maximum absolute atomic E-state index is 14.0. The maximum atomic E-state index is 14.0. The van der Waals surface area contributed by atoms with E-state index >= 15 is 0 Å². The predicted octanol–water partition coefficient (Wildman–Crippen LogP) is 5.31. The van der Waals surface area contributed by atoms with Gasteiger partial charge in [0.1, 0.15) is 0 Å². The first-order chi connectivity index (χ1) is 30.0. The van der Waals surface area contributed by atoms with Gasteiger partial charge in [0.25, 0.3) is 17.7 Å². The highest BCUT2D eigenvalue weighted by Gasteiger charge is 2.49. The lowest BCUT2D eigenvalue weighted by molar-refractivity contribution is -0.148. The van der Waals surface area contributed by atoms with Crippen molar-refractivity contribution >= 4 is 35.4 Å². The molecule has 3 aromatic carbocycles. The number of carbonyl (C=O) groups is 6. The van der Waals surface area contributed by atoms with Gasteiger partial charge in [0.2, 0.25) is 23.4 Å². The zero-order valence-corrected chi connectivity index (χ0v) is 36.2. The minimum absolute atomic E-state index is 0.0412. The molecule has 1 saturated heterocycles. The molecule has 332 valence electrons. The van der Waals surface area contributed by atoms with Gasteiger partial charge < -0.3 is 36.6 Å². The summed E-state index contributed by atoms with van der Waals surface area (Å²) in [5, 5.41) is 25.5. The third-order valence-electron chi connectivity index (χ3n) is 12.4. The number of amides is 6. The summed E-state index contributed by atoms with van der Waals surface area (Å²) < 4.78 is 0. The lowest BCUT2D eigenvalue weighted by Gasteiger charge is -2.28. The zero-order chi connectivity index (χ0) is 44.1. The van der Waals surface area contributed by atoms with Crippen molar-refractivity contribution in [3.8, 4) is 0 Å². The summed E-state index contributed by atoms with van der Waals surface area (Å²) in [7, 11) is 0. The normalized spacial score (nSPS) is 22.1. The van der Waals surface area contributed by atoms with E-state index in [1.165, 1.54) is 29.2 Å². The highest BCUT2D eigenvalue weighted by molar-refractivity contribution is 5.99. The van der Waals surface area contributed by atoms with E-state index in [4.69, 9.17) is 0 Å². The molecular weight excluding hydrogens is 785 g/mol. The highest BCUT2D eigenvalue weighted by atomic mass is 16.3. The SMILES string of the molecule is CCCCCCCC(=O)N[C@](O)(CNC(=O)c1ccc(C(=O)N2C[C@@H](C(=O)N[C@H]3C[C@@H]3c3ccccc3)[C@H](C(=O)N[C@H]3C[C@@H]3c3ccccc3)C2)cc1)C(=O)NCCCCCC. The molecule has 3 aromatic rings. The molecule has 0 radical (unpaired) electrons. The number of nitrogens with one attached hydrogen (secondary N) is 5. The van der Waals surface area contributed by atoms with Gasteiger partial charge in [-0.2, -0.15) is 0 Å². The van der Waals surface area contributed by atoms with Crippen molar-refractivity contribution in [2.24, 2.45) is 11.8 Å². The van der Waals surface area contributed by atoms with Crippen LogP contribution in [0.15, 0.2) is 84.9 Å². The molecule has 3 fully saturated rings. The Morgan fingerprint density at radius 3 is 1.66 bits per heavy atom. The van der Waals surface area contributed by atoms with Crippen molar-refractivity contribution in [3.63, 3.8) is 0 Å². The van der Waals surface area contributed by atoms with Gasteiger partial charge in [0.15, 0.2) is 0 Å². The average Bonchev–Trinajstić information content (AvgIpc) is 4.20. The first-order valence-electron chi connectivity index (χ1n) is 22.7. The molecule has 3 aliphatic rings. The Labute approximate surface area is 365 Å². The van der Waals surface area contributed by atoms with E-state index in [0.29, 0.717) is 19.4 Å². The van der Waals surface area contributed by atoms with Gasteiger partial charge in [-0.25, -0.2) is 0 Å². The van der Waals surface area contributed by atoms with Gasteiger partial charge in [0, 0.05) is 61.1 Å². The summed E-state index contributed by atoms with van der Waals surface area (Å²) >= 11 is 0. The van der Waals surface area contributed by atoms with Crippen LogP contribution >= 0.6 is 0 Å². The lowest BCUT2D eigenvalue weighted by Crippen LogP contribution is -2.64. The Bertz CT molecular complexity index is 1920. The van der Waals surface area contributed by atoms with Gasteiger partial charge in [-0.15, -0.1) is 0 Å². The molecule has 13 nitrogen and oxygen atoms in total. The summed E-state index contributed by atoms with van der Waals surface area (Å²) in [6.45, 7) is 4.05. The number of hydrogen-bond donors (Lipinski definition) is 6. The number of nitrogens with zero attached hydrogens (tertiary/aromatic N) is 1. The van der Waals surface area contributed by atoms with Gasteiger partial charge in [-0.05, 0) is 61.1 Å². The van der Waals surface area contributed by atoms with Gasteiger partial charge in [-0.1, -0.05) is 119 Å². The van der Waals surface area contributed by atoms with Crippen LogP contribution in [0.1, 0.15) is 135 Å². The van der Waals surface area contributed by atoms with Crippen molar-refractivity contribution in [1.82, 2.24) is 31.5 Å². The number of hydrogen-bond acceptors (Lipinski definition) is 7. The zero-order valence-electron chi connectivity index (χ0n) is 36.2. The van der Waals surface area contributed by atoms with E-state index < -0.39 is 41.8 Å². The van der Waals surface area contributed by atoms with E-state index in [2.05, 4.69) is 40.4 Å². The Morgan fingerprint density at radius 2 is 1.13 bits per heavy atom. The van der Waals surface area contributed by atoms with E-state index in [-0.39, 0.29) is 72.3 Å². The van der Waals surface area contributed by atoms with Crippen molar-refractivity contribution in [1.29, 1.82) is 0 Å².